The van der Waals surface area contributed by atoms with E-state index in [2.05, 4.69) is 10.2 Å². The van der Waals surface area contributed by atoms with Crippen LogP contribution in [0.15, 0.2) is 78.0 Å². The molecule has 0 atom stereocenters. The van der Waals surface area contributed by atoms with E-state index in [0.717, 1.165) is 17.0 Å². The Kier molecular flexibility index (Phi) is 7.11. The van der Waals surface area contributed by atoms with Gasteiger partial charge in [0, 0.05) is 28.6 Å². The Hall–Kier alpha value is -3.56. The molecule has 0 N–H and O–H groups in total. The molecular formula is C23H19ClN4O4S. The van der Waals surface area contributed by atoms with Crippen LogP contribution in [0.1, 0.15) is 11.4 Å². The molecular weight excluding hydrogens is 464 g/mol. The molecule has 168 valence electrons. The van der Waals surface area contributed by atoms with Crippen LogP contribution in [0.3, 0.4) is 0 Å². The van der Waals surface area contributed by atoms with E-state index in [4.69, 9.17) is 21.1 Å². The molecule has 0 fully saturated rings. The number of nitro groups is 1. The maximum absolute atomic E-state index is 10.9. The fourth-order valence-electron chi connectivity index (χ4n) is 3.02. The lowest BCUT2D eigenvalue weighted by Crippen LogP contribution is -2.06. The van der Waals surface area contributed by atoms with E-state index in [-0.39, 0.29) is 12.3 Å². The molecule has 0 unspecified atom stereocenters. The Balaban J connectivity index is 1.57. The average molecular weight is 483 g/mol. The number of methoxy groups -OCH3 is 1. The van der Waals surface area contributed by atoms with Crippen LogP contribution >= 0.6 is 23.4 Å². The zero-order valence-electron chi connectivity index (χ0n) is 17.6. The number of rotatable bonds is 9. The van der Waals surface area contributed by atoms with Crippen molar-refractivity contribution in [2.75, 3.05) is 7.11 Å². The van der Waals surface area contributed by atoms with E-state index in [1.54, 1.807) is 43.5 Å². The molecule has 0 aliphatic rings. The second-order valence-electron chi connectivity index (χ2n) is 6.89. The summed E-state index contributed by atoms with van der Waals surface area (Å²) < 4.78 is 13.1. The molecule has 8 nitrogen and oxygen atoms in total. The molecule has 1 heterocycles. The lowest BCUT2D eigenvalue weighted by Gasteiger charge is -2.12. The number of hydrogen-bond donors (Lipinski definition) is 0. The van der Waals surface area contributed by atoms with Crippen molar-refractivity contribution in [2.24, 2.45) is 0 Å². The second-order valence-corrected chi connectivity index (χ2v) is 8.27. The van der Waals surface area contributed by atoms with Crippen LogP contribution < -0.4 is 9.47 Å². The van der Waals surface area contributed by atoms with Crippen molar-refractivity contribution in [2.45, 2.75) is 17.5 Å². The molecule has 10 heteroatoms. The van der Waals surface area contributed by atoms with Gasteiger partial charge in [-0.25, -0.2) is 0 Å². The third-order valence-corrected chi connectivity index (χ3v) is 5.98. The van der Waals surface area contributed by atoms with Gasteiger partial charge in [-0.3, -0.25) is 14.7 Å². The fraction of sp³-hybridized carbons (Fsp3) is 0.130. The predicted molar refractivity (Wildman–Crippen MR) is 126 cm³/mol. The Morgan fingerprint density at radius 3 is 2.27 bits per heavy atom. The summed E-state index contributed by atoms with van der Waals surface area (Å²) in [6.07, 6.45) is 0. The number of nitro benzene ring substituents is 1. The fourth-order valence-corrected chi connectivity index (χ4v) is 4.07. The quantitative estimate of drug-likeness (QED) is 0.171. The molecule has 0 saturated carbocycles. The lowest BCUT2D eigenvalue weighted by atomic mass is 10.2. The predicted octanol–water partition coefficient (Wildman–Crippen LogP) is 5.71. The zero-order chi connectivity index (χ0) is 23.2. The van der Waals surface area contributed by atoms with Gasteiger partial charge in [0.15, 0.2) is 11.0 Å². The van der Waals surface area contributed by atoms with Gasteiger partial charge in [-0.05, 0) is 54.1 Å². The SMILES string of the molecule is COc1ccc(-n2c(COc3ccc(Cl)cc3)nnc2SCc2ccc([N+](=O)[O-])cc2)cc1. The van der Waals surface area contributed by atoms with Gasteiger partial charge in [-0.2, -0.15) is 0 Å². The highest BCUT2D eigenvalue weighted by Gasteiger charge is 2.16. The minimum absolute atomic E-state index is 0.0618. The first-order valence-corrected chi connectivity index (χ1v) is 11.2. The Labute approximate surface area is 199 Å². The molecule has 3 aromatic carbocycles. The summed E-state index contributed by atoms with van der Waals surface area (Å²) in [5.74, 6) is 2.61. The van der Waals surface area contributed by atoms with E-state index in [1.165, 1.54) is 23.9 Å². The smallest absolute Gasteiger partial charge is 0.269 e. The highest BCUT2D eigenvalue weighted by molar-refractivity contribution is 7.98. The van der Waals surface area contributed by atoms with Crippen LogP contribution in [0, 0.1) is 10.1 Å². The van der Waals surface area contributed by atoms with Gasteiger partial charge in [0.05, 0.1) is 12.0 Å². The Bertz CT molecular complexity index is 1230. The van der Waals surface area contributed by atoms with Crippen molar-refractivity contribution in [3.8, 4) is 17.2 Å². The molecule has 0 spiro atoms. The second kappa shape index (κ2) is 10.4. The van der Waals surface area contributed by atoms with E-state index < -0.39 is 4.92 Å². The van der Waals surface area contributed by atoms with Gasteiger partial charge in [0.2, 0.25) is 0 Å². The van der Waals surface area contributed by atoms with Crippen molar-refractivity contribution < 1.29 is 14.4 Å². The topological polar surface area (TPSA) is 92.3 Å². The van der Waals surface area contributed by atoms with Gasteiger partial charge in [-0.15, -0.1) is 10.2 Å². The van der Waals surface area contributed by atoms with Crippen LogP contribution in [0.25, 0.3) is 5.69 Å². The van der Waals surface area contributed by atoms with Gasteiger partial charge in [0.25, 0.3) is 5.69 Å². The number of benzene rings is 3. The van der Waals surface area contributed by atoms with Crippen molar-refractivity contribution in [3.05, 3.63) is 99.3 Å². The molecule has 4 rings (SSSR count). The monoisotopic (exact) mass is 482 g/mol. The third-order valence-electron chi connectivity index (χ3n) is 4.73. The zero-order valence-corrected chi connectivity index (χ0v) is 19.1. The highest BCUT2D eigenvalue weighted by Crippen LogP contribution is 2.28. The number of thioether (sulfide) groups is 1. The van der Waals surface area contributed by atoms with Crippen LogP contribution in [-0.4, -0.2) is 26.8 Å². The van der Waals surface area contributed by atoms with Crippen LogP contribution in [-0.2, 0) is 12.4 Å². The number of aromatic nitrogens is 3. The maximum Gasteiger partial charge on any atom is 0.269 e. The third kappa shape index (κ3) is 5.63. The summed E-state index contributed by atoms with van der Waals surface area (Å²) >= 11 is 7.42. The standard InChI is InChI=1S/C23H19ClN4O4S/c1-31-20-12-8-18(9-13-20)27-22(14-32-21-10-4-17(24)5-11-21)25-26-23(27)33-15-16-2-6-19(7-3-16)28(29)30/h2-13H,14-15H2,1H3. The maximum atomic E-state index is 10.9. The average Bonchev–Trinajstić information content (AvgIpc) is 3.25. The molecule has 0 aliphatic carbocycles. The van der Waals surface area contributed by atoms with Gasteiger partial charge >= 0.3 is 0 Å². The minimum atomic E-state index is -0.413. The van der Waals surface area contributed by atoms with Crippen LogP contribution in [0.2, 0.25) is 5.02 Å². The van der Waals surface area contributed by atoms with E-state index in [0.29, 0.717) is 27.5 Å². The minimum Gasteiger partial charge on any atom is -0.497 e. The number of halogens is 1. The van der Waals surface area contributed by atoms with Crippen LogP contribution in [0.4, 0.5) is 5.69 Å². The number of hydrogen-bond acceptors (Lipinski definition) is 7. The molecule has 0 saturated heterocycles. The summed E-state index contributed by atoms with van der Waals surface area (Å²) in [5.41, 5.74) is 1.86. The highest BCUT2D eigenvalue weighted by atomic mass is 35.5. The Morgan fingerprint density at radius 2 is 1.64 bits per heavy atom. The van der Waals surface area contributed by atoms with Crippen molar-refractivity contribution in [1.29, 1.82) is 0 Å². The molecule has 0 amide bonds. The normalized spacial score (nSPS) is 10.7. The van der Waals surface area contributed by atoms with Gasteiger partial charge in [0.1, 0.15) is 18.1 Å². The summed E-state index contributed by atoms with van der Waals surface area (Å²) in [7, 11) is 1.62. The summed E-state index contributed by atoms with van der Waals surface area (Å²) in [6.45, 7) is 0.207. The summed E-state index contributed by atoms with van der Waals surface area (Å²) in [4.78, 5) is 10.5. The van der Waals surface area contributed by atoms with Crippen molar-refractivity contribution >= 4 is 29.1 Å². The Morgan fingerprint density at radius 1 is 0.970 bits per heavy atom. The van der Waals surface area contributed by atoms with Gasteiger partial charge in [-0.1, -0.05) is 35.5 Å². The number of ether oxygens (including phenoxy) is 2. The largest absolute Gasteiger partial charge is 0.497 e. The first-order valence-electron chi connectivity index (χ1n) is 9.86. The number of nitrogens with zero attached hydrogens (tertiary/aromatic N) is 4. The summed E-state index contributed by atoms with van der Waals surface area (Å²) in [6, 6.07) is 21.1. The van der Waals surface area contributed by atoms with Crippen molar-refractivity contribution in [3.63, 3.8) is 0 Å². The number of non-ortho nitro benzene ring substituents is 1. The van der Waals surface area contributed by atoms with Crippen molar-refractivity contribution in [1.82, 2.24) is 14.8 Å². The molecule has 0 bridgehead atoms. The molecule has 4 aromatic rings. The first-order chi connectivity index (χ1) is 16.0. The summed E-state index contributed by atoms with van der Waals surface area (Å²) in [5, 5.41) is 20.9. The van der Waals surface area contributed by atoms with Gasteiger partial charge < -0.3 is 9.47 Å². The van der Waals surface area contributed by atoms with E-state index >= 15 is 0 Å². The molecule has 0 radical (unpaired) electrons. The van der Waals surface area contributed by atoms with E-state index in [1.807, 2.05) is 28.8 Å². The lowest BCUT2D eigenvalue weighted by molar-refractivity contribution is -0.384. The molecule has 33 heavy (non-hydrogen) atoms. The molecule has 1 aromatic heterocycles. The first kappa shape index (κ1) is 22.6. The van der Waals surface area contributed by atoms with E-state index in [9.17, 15) is 10.1 Å². The van der Waals surface area contributed by atoms with Crippen LogP contribution in [0.5, 0.6) is 11.5 Å². The molecule has 0 aliphatic heterocycles.